The number of H-pyrrole nitrogens is 1. The molecule has 2 heterocycles. The van der Waals surface area contributed by atoms with Crippen LogP contribution < -0.4 is 5.32 Å². The predicted molar refractivity (Wildman–Crippen MR) is 85.5 cm³/mol. The zero-order chi connectivity index (χ0) is 17.3. The number of aromatic nitrogens is 1. The summed E-state index contributed by atoms with van der Waals surface area (Å²) >= 11 is 0. The van der Waals surface area contributed by atoms with E-state index in [0.717, 1.165) is 16.6 Å². The molecule has 0 bridgehead atoms. The van der Waals surface area contributed by atoms with Crippen molar-refractivity contribution < 1.29 is 18.0 Å². The fourth-order valence-corrected chi connectivity index (χ4v) is 3.32. The van der Waals surface area contributed by atoms with E-state index in [0.29, 0.717) is 13.0 Å². The minimum atomic E-state index is -4.34. The molecule has 2 atom stereocenters. The molecule has 7 heteroatoms. The molecule has 1 fully saturated rings. The predicted octanol–water partition coefficient (Wildman–Crippen LogP) is 2.57. The fraction of sp³-hybridized carbons (Fsp3) is 0.471. The summed E-state index contributed by atoms with van der Waals surface area (Å²) in [5.74, 6) is -3.13. The summed E-state index contributed by atoms with van der Waals surface area (Å²) in [6.07, 6.45) is -3.79. The number of aromatic amines is 1. The Hall–Kier alpha value is -2.02. The molecule has 1 aromatic heterocycles. The van der Waals surface area contributed by atoms with E-state index in [1.807, 2.05) is 30.3 Å². The summed E-state index contributed by atoms with van der Waals surface area (Å²) in [5, 5.41) is 3.73. The smallest absolute Gasteiger partial charge is 0.358 e. The molecule has 1 aliphatic rings. The van der Waals surface area contributed by atoms with Gasteiger partial charge in [0.2, 0.25) is 5.91 Å². The molecule has 3 rings (SSSR count). The van der Waals surface area contributed by atoms with Crippen molar-refractivity contribution >= 4 is 16.8 Å². The van der Waals surface area contributed by atoms with Gasteiger partial charge in [0, 0.05) is 37.3 Å². The number of nitrogens with one attached hydrogen (secondary N) is 2. The van der Waals surface area contributed by atoms with E-state index in [1.165, 1.54) is 0 Å². The molecule has 4 nitrogen and oxygen atoms in total. The van der Waals surface area contributed by atoms with Gasteiger partial charge in [-0.05, 0) is 24.6 Å². The number of fused-ring (bicyclic) bond motifs is 1. The van der Waals surface area contributed by atoms with Crippen LogP contribution >= 0.6 is 0 Å². The second kappa shape index (κ2) is 6.47. The second-order valence-corrected chi connectivity index (χ2v) is 6.40. The highest BCUT2D eigenvalue weighted by atomic mass is 19.4. The van der Waals surface area contributed by atoms with Gasteiger partial charge in [-0.1, -0.05) is 18.2 Å². The molecule has 1 saturated heterocycles. The molecule has 24 heavy (non-hydrogen) atoms. The van der Waals surface area contributed by atoms with Crippen LogP contribution in [-0.4, -0.2) is 48.6 Å². The Labute approximate surface area is 138 Å². The van der Waals surface area contributed by atoms with Crippen molar-refractivity contribution in [1.29, 1.82) is 0 Å². The Morgan fingerprint density at radius 3 is 2.79 bits per heavy atom. The van der Waals surface area contributed by atoms with E-state index in [2.05, 4.69) is 10.3 Å². The molecule has 130 valence electrons. The number of amides is 1. The molecule has 0 aliphatic carbocycles. The van der Waals surface area contributed by atoms with Gasteiger partial charge in [0.25, 0.3) is 0 Å². The number of nitrogens with zero attached hydrogens (tertiary/aromatic N) is 1. The number of halogens is 3. The quantitative estimate of drug-likeness (QED) is 0.899. The first-order valence-corrected chi connectivity index (χ1v) is 7.94. The summed E-state index contributed by atoms with van der Waals surface area (Å²) in [6, 6.07) is 9.80. The van der Waals surface area contributed by atoms with Crippen LogP contribution in [0.15, 0.2) is 30.3 Å². The van der Waals surface area contributed by atoms with Gasteiger partial charge in [0.15, 0.2) is 0 Å². The number of benzene rings is 1. The van der Waals surface area contributed by atoms with Crippen LogP contribution in [0.4, 0.5) is 13.2 Å². The molecule has 1 aliphatic heterocycles. The molecular formula is C17H20F3N3O. The molecule has 2 N–H and O–H groups in total. The Kier molecular flexibility index (Phi) is 4.54. The lowest BCUT2D eigenvalue weighted by Gasteiger charge is -2.20. The van der Waals surface area contributed by atoms with Crippen LogP contribution in [0.1, 0.15) is 5.69 Å². The second-order valence-electron chi connectivity index (χ2n) is 6.40. The SMILES string of the molecule is CN1C[C@@H](C(F)(F)F)[C@H](C(=O)NCCc2cc3ccccc3[nH]2)C1. The van der Waals surface area contributed by atoms with E-state index < -0.39 is 23.9 Å². The lowest BCUT2D eigenvalue weighted by molar-refractivity contribution is -0.183. The van der Waals surface area contributed by atoms with Crippen molar-refractivity contribution in [2.75, 3.05) is 26.7 Å². The maximum atomic E-state index is 13.0. The minimum absolute atomic E-state index is 0.121. The third-order valence-electron chi connectivity index (χ3n) is 4.54. The highest BCUT2D eigenvalue weighted by molar-refractivity contribution is 5.81. The summed E-state index contributed by atoms with van der Waals surface area (Å²) in [5.41, 5.74) is 1.96. The molecular weight excluding hydrogens is 319 g/mol. The van der Waals surface area contributed by atoms with Crippen LogP contribution in [0, 0.1) is 11.8 Å². The fourth-order valence-electron chi connectivity index (χ4n) is 3.32. The van der Waals surface area contributed by atoms with Gasteiger partial charge < -0.3 is 15.2 Å². The Morgan fingerprint density at radius 1 is 1.33 bits per heavy atom. The Morgan fingerprint density at radius 2 is 2.08 bits per heavy atom. The summed E-state index contributed by atoms with van der Waals surface area (Å²) in [6.45, 7) is 0.336. The number of carbonyl (C=O) groups is 1. The number of hydrogen-bond donors (Lipinski definition) is 2. The van der Waals surface area contributed by atoms with E-state index >= 15 is 0 Å². The number of hydrogen-bond acceptors (Lipinski definition) is 2. The van der Waals surface area contributed by atoms with Crippen molar-refractivity contribution in [1.82, 2.24) is 15.2 Å². The molecule has 0 spiro atoms. The molecule has 1 amide bonds. The standard InChI is InChI=1S/C17H20F3N3O/c1-23-9-13(14(10-23)17(18,19)20)16(24)21-7-6-12-8-11-4-2-3-5-15(11)22-12/h2-5,8,13-14,22H,6-7,9-10H2,1H3,(H,21,24)/t13-,14-/m1/s1. The zero-order valence-corrected chi connectivity index (χ0v) is 13.4. The average Bonchev–Trinajstić information content (AvgIpc) is 3.09. The van der Waals surface area contributed by atoms with Gasteiger partial charge in [0.1, 0.15) is 0 Å². The first kappa shape index (κ1) is 16.8. The lowest BCUT2D eigenvalue weighted by atomic mass is 9.94. The van der Waals surface area contributed by atoms with Gasteiger partial charge in [-0.25, -0.2) is 0 Å². The first-order chi connectivity index (χ1) is 11.3. The maximum Gasteiger partial charge on any atom is 0.393 e. The third kappa shape index (κ3) is 3.56. The Bertz CT molecular complexity index is 692. The van der Waals surface area contributed by atoms with Crippen molar-refractivity contribution in [2.45, 2.75) is 12.6 Å². The van der Waals surface area contributed by atoms with Crippen molar-refractivity contribution in [3.8, 4) is 0 Å². The van der Waals surface area contributed by atoms with Crippen LogP contribution in [0.3, 0.4) is 0 Å². The van der Waals surface area contributed by atoms with Crippen LogP contribution in [0.5, 0.6) is 0 Å². The monoisotopic (exact) mass is 339 g/mol. The van der Waals surface area contributed by atoms with Gasteiger partial charge in [0.05, 0.1) is 11.8 Å². The van der Waals surface area contributed by atoms with Crippen molar-refractivity contribution in [3.05, 3.63) is 36.0 Å². The first-order valence-electron chi connectivity index (χ1n) is 7.94. The number of alkyl halides is 3. The number of para-hydroxylation sites is 1. The number of rotatable bonds is 4. The average molecular weight is 339 g/mol. The normalized spacial score (nSPS) is 22.2. The van der Waals surface area contributed by atoms with Crippen LogP contribution in [0.25, 0.3) is 10.9 Å². The molecule has 0 saturated carbocycles. The highest BCUT2D eigenvalue weighted by Crippen LogP contribution is 2.37. The number of carbonyl (C=O) groups excluding carboxylic acids is 1. The van der Waals surface area contributed by atoms with Gasteiger partial charge in [-0.3, -0.25) is 4.79 Å². The van der Waals surface area contributed by atoms with Crippen molar-refractivity contribution in [3.63, 3.8) is 0 Å². The van der Waals surface area contributed by atoms with E-state index in [9.17, 15) is 18.0 Å². The Balaban J connectivity index is 1.57. The lowest BCUT2D eigenvalue weighted by Crippen LogP contribution is -2.40. The summed E-state index contributed by atoms with van der Waals surface area (Å²) in [7, 11) is 1.61. The molecule has 2 aromatic rings. The topological polar surface area (TPSA) is 48.1 Å². The largest absolute Gasteiger partial charge is 0.393 e. The van der Waals surface area contributed by atoms with Crippen molar-refractivity contribution in [2.24, 2.45) is 11.8 Å². The molecule has 0 unspecified atom stereocenters. The third-order valence-corrected chi connectivity index (χ3v) is 4.54. The van der Waals surface area contributed by atoms with Gasteiger partial charge in [-0.15, -0.1) is 0 Å². The van der Waals surface area contributed by atoms with E-state index in [4.69, 9.17) is 0 Å². The van der Waals surface area contributed by atoms with E-state index in [-0.39, 0.29) is 13.1 Å². The zero-order valence-electron chi connectivity index (χ0n) is 13.4. The number of likely N-dealkylation sites (tertiary alicyclic amines) is 1. The van der Waals surface area contributed by atoms with Crippen LogP contribution in [-0.2, 0) is 11.2 Å². The van der Waals surface area contributed by atoms with Gasteiger partial charge in [-0.2, -0.15) is 13.2 Å². The van der Waals surface area contributed by atoms with Crippen LogP contribution in [0.2, 0.25) is 0 Å². The highest BCUT2D eigenvalue weighted by Gasteiger charge is 2.51. The molecule has 1 aromatic carbocycles. The minimum Gasteiger partial charge on any atom is -0.358 e. The maximum absolute atomic E-state index is 13.0. The molecule has 0 radical (unpaired) electrons. The van der Waals surface area contributed by atoms with Gasteiger partial charge >= 0.3 is 6.18 Å². The summed E-state index contributed by atoms with van der Waals surface area (Å²) < 4.78 is 39.1. The van der Waals surface area contributed by atoms with E-state index in [1.54, 1.807) is 11.9 Å². The summed E-state index contributed by atoms with van der Waals surface area (Å²) in [4.78, 5) is 17.0.